The molecule has 1 fully saturated rings. The standard InChI is InChI=1S/C16H22N2O3/c1-12(19)11-13-7-4-3-5-10-18(13)16(20)14-8-6-9-17-15(14)21-2/h6,8-9,13H,3-5,7,10-11H2,1-2H3. The largest absolute Gasteiger partial charge is 0.480 e. The lowest BCUT2D eigenvalue weighted by Crippen LogP contribution is -2.41. The first-order chi connectivity index (χ1) is 10.1. The molecule has 0 N–H and O–H groups in total. The molecule has 114 valence electrons. The second-order valence-corrected chi connectivity index (χ2v) is 5.47. The molecule has 21 heavy (non-hydrogen) atoms. The van der Waals surface area contributed by atoms with Crippen molar-refractivity contribution in [2.45, 2.75) is 45.1 Å². The summed E-state index contributed by atoms with van der Waals surface area (Å²) < 4.78 is 5.18. The fourth-order valence-electron chi connectivity index (χ4n) is 2.86. The zero-order chi connectivity index (χ0) is 15.2. The zero-order valence-electron chi connectivity index (χ0n) is 12.7. The summed E-state index contributed by atoms with van der Waals surface area (Å²) >= 11 is 0. The van der Waals surface area contributed by atoms with E-state index >= 15 is 0 Å². The van der Waals surface area contributed by atoms with Gasteiger partial charge in [0.05, 0.1) is 7.11 Å². The minimum absolute atomic E-state index is 0.0117. The minimum atomic E-state index is -0.0897. The quantitative estimate of drug-likeness (QED) is 0.854. The molecule has 1 saturated heterocycles. The summed E-state index contributed by atoms with van der Waals surface area (Å²) in [7, 11) is 1.51. The molecule has 1 amide bonds. The van der Waals surface area contributed by atoms with Crippen LogP contribution >= 0.6 is 0 Å². The Morgan fingerprint density at radius 3 is 2.90 bits per heavy atom. The Labute approximate surface area is 125 Å². The Morgan fingerprint density at radius 2 is 2.19 bits per heavy atom. The van der Waals surface area contributed by atoms with E-state index in [1.165, 1.54) is 7.11 Å². The normalized spacial score (nSPS) is 19.0. The van der Waals surface area contributed by atoms with E-state index in [0.717, 1.165) is 25.7 Å². The average molecular weight is 290 g/mol. The van der Waals surface area contributed by atoms with E-state index < -0.39 is 0 Å². The zero-order valence-corrected chi connectivity index (χ0v) is 12.7. The number of nitrogens with zero attached hydrogens (tertiary/aromatic N) is 2. The molecular formula is C16H22N2O3. The van der Waals surface area contributed by atoms with E-state index in [0.29, 0.717) is 24.4 Å². The van der Waals surface area contributed by atoms with Gasteiger partial charge in [-0.05, 0) is 31.9 Å². The maximum absolute atomic E-state index is 12.8. The van der Waals surface area contributed by atoms with Crippen molar-refractivity contribution in [1.82, 2.24) is 9.88 Å². The summed E-state index contributed by atoms with van der Waals surface area (Å²) in [5, 5.41) is 0. The lowest BCUT2D eigenvalue weighted by molar-refractivity contribution is -0.118. The summed E-state index contributed by atoms with van der Waals surface area (Å²) in [5.74, 6) is 0.374. The molecule has 0 radical (unpaired) electrons. The highest BCUT2D eigenvalue weighted by Crippen LogP contribution is 2.24. The molecule has 0 aliphatic carbocycles. The number of rotatable bonds is 4. The van der Waals surface area contributed by atoms with Crippen LogP contribution in [0.15, 0.2) is 18.3 Å². The number of aromatic nitrogens is 1. The number of carbonyl (C=O) groups is 2. The van der Waals surface area contributed by atoms with Gasteiger partial charge in [-0.1, -0.05) is 12.8 Å². The van der Waals surface area contributed by atoms with Crippen molar-refractivity contribution < 1.29 is 14.3 Å². The fraction of sp³-hybridized carbons (Fsp3) is 0.562. The van der Waals surface area contributed by atoms with Crippen LogP contribution in [0.3, 0.4) is 0 Å². The summed E-state index contributed by atoms with van der Waals surface area (Å²) in [4.78, 5) is 30.2. The van der Waals surface area contributed by atoms with Crippen molar-refractivity contribution in [2.24, 2.45) is 0 Å². The van der Waals surface area contributed by atoms with E-state index in [2.05, 4.69) is 4.98 Å². The van der Waals surface area contributed by atoms with Crippen LogP contribution in [0.2, 0.25) is 0 Å². The van der Waals surface area contributed by atoms with Crippen LogP contribution in [-0.2, 0) is 4.79 Å². The maximum Gasteiger partial charge on any atom is 0.259 e. The Morgan fingerprint density at radius 1 is 1.38 bits per heavy atom. The van der Waals surface area contributed by atoms with Gasteiger partial charge in [0.15, 0.2) is 0 Å². The molecule has 0 spiro atoms. The molecule has 2 rings (SSSR count). The van der Waals surface area contributed by atoms with Crippen molar-refractivity contribution in [3.8, 4) is 5.88 Å². The second-order valence-electron chi connectivity index (χ2n) is 5.47. The molecule has 0 saturated carbocycles. The van der Waals surface area contributed by atoms with Crippen LogP contribution in [0.4, 0.5) is 0 Å². The number of ketones is 1. The molecule has 2 heterocycles. The number of amides is 1. The predicted molar refractivity (Wildman–Crippen MR) is 79.4 cm³/mol. The molecule has 1 aromatic rings. The highest BCUT2D eigenvalue weighted by Gasteiger charge is 2.28. The van der Waals surface area contributed by atoms with Crippen LogP contribution < -0.4 is 4.74 Å². The van der Waals surface area contributed by atoms with Crippen LogP contribution in [0.1, 0.15) is 49.4 Å². The van der Waals surface area contributed by atoms with E-state index in [4.69, 9.17) is 4.74 Å². The van der Waals surface area contributed by atoms with Crippen molar-refractivity contribution in [1.29, 1.82) is 0 Å². The number of likely N-dealkylation sites (tertiary alicyclic amines) is 1. The molecule has 1 atom stereocenters. The van der Waals surface area contributed by atoms with Gasteiger partial charge in [0, 0.05) is 25.2 Å². The summed E-state index contributed by atoms with van der Waals surface area (Å²) in [6.45, 7) is 2.27. The van der Waals surface area contributed by atoms with Gasteiger partial charge in [0.25, 0.3) is 5.91 Å². The molecule has 0 aromatic carbocycles. The first-order valence-corrected chi connectivity index (χ1v) is 7.43. The number of hydrogen-bond acceptors (Lipinski definition) is 4. The van der Waals surface area contributed by atoms with Gasteiger partial charge in [-0.15, -0.1) is 0 Å². The monoisotopic (exact) mass is 290 g/mol. The first kappa shape index (κ1) is 15.5. The molecule has 1 aliphatic heterocycles. The van der Waals surface area contributed by atoms with Gasteiger partial charge < -0.3 is 9.64 Å². The smallest absolute Gasteiger partial charge is 0.259 e. The third kappa shape index (κ3) is 3.80. The SMILES string of the molecule is COc1ncccc1C(=O)N1CCCCCC1CC(C)=O. The third-order valence-corrected chi connectivity index (χ3v) is 3.86. The molecule has 1 aliphatic rings. The number of ether oxygens (including phenoxy) is 1. The van der Waals surface area contributed by atoms with Crippen LogP contribution in [-0.4, -0.2) is 41.3 Å². The highest BCUT2D eigenvalue weighted by atomic mass is 16.5. The number of carbonyl (C=O) groups excluding carboxylic acids is 2. The van der Waals surface area contributed by atoms with E-state index in [-0.39, 0.29) is 17.7 Å². The van der Waals surface area contributed by atoms with Crippen LogP contribution in [0.5, 0.6) is 5.88 Å². The van der Waals surface area contributed by atoms with Gasteiger partial charge >= 0.3 is 0 Å². The van der Waals surface area contributed by atoms with Gasteiger partial charge in [0.2, 0.25) is 5.88 Å². The average Bonchev–Trinajstić information content (AvgIpc) is 2.71. The Bertz CT molecular complexity index is 516. The molecular weight excluding hydrogens is 268 g/mol. The van der Waals surface area contributed by atoms with E-state index in [9.17, 15) is 9.59 Å². The minimum Gasteiger partial charge on any atom is -0.480 e. The molecule has 1 aromatic heterocycles. The van der Waals surface area contributed by atoms with Gasteiger partial charge in [-0.25, -0.2) is 4.98 Å². The molecule has 5 heteroatoms. The van der Waals surface area contributed by atoms with Crippen molar-refractivity contribution in [2.75, 3.05) is 13.7 Å². The number of Topliss-reactive ketones (excluding diaryl/α,β-unsaturated/α-hetero) is 1. The predicted octanol–water partition coefficient (Wildman–Crippen LogP) is 2.45. The van der Waals surface area contributed by atoms with Crippen molar-refractivity contribution in [3.05, 3.63) is 23.9 Å². The lowest BCUT2D eigenvalue weighted by atomic mass is 10.0. The van der Waals surface area contributed by atoms with Crippen molar-refractivity contribution >= 4 is 11.7 Å². The molecule has 5 nitrogen and oxygen atoms in total. The van der Waals surface area contributed by atoms with Crippen molar-refractivity contribution in [3.63, 3.8) is 0 Å². The van der Waals surface area contributed by atoms with Crippen LogP contribution in [0.25, 0.3) is 0 Å². The van der Waals surface area contributed by atoms with E-state index in [1.54, 1.807) is 25.3 Å². The third-order valence-electron chi connectivity index (χ3n) is 3.86. The Kier molecular flexibility index (Phi) is 5.31. The first-order valence-electron chi connectivity index (χ1n) is 7.43. The summed E-state index contributed by atoms with van der Waals surface area (Å²) in [6.07, 6.45) is 6.05. The van der Waals surface area contributed by atoms with E-state index in [1.807, 2.05) is 4.90 Å². The van der Waals surface area contributed by atoms with Gasteiger partial charge in [0.1, 0.15) is 11.3 Å². The lowest BCUT2D eigenvalue weighted by Gasteiger charge is -2.29. The Hall–Kier alpha value is -1.91. The number of pyridine rings is 1. The number of methoxy groups -OCH3 is 1. The van der Waals surface area contributed by atoms with Gasteiger partial charge in [-0.3, -0.25) is 9.59 Å². The highest BCUT2D eigenvalue weighted by molar-refractivity contribution is 5.96. The molecule has 0 bridgehead atoms. The Balaban J connectivity index is 2.26. The molecule has 1 unspecified atom stereocenters. The summed E-state index contributed by atoms with van der Waals surface area (Å²) in [5.41, 5.74) is 0.468. The maximum atomic E-state index is 12.8. The second kappa shape index (κ2) is 7.20. The topological polar surface area (TPSA) is 59.5 Å². The summed E-state index contributed by atoms with van der Waals surface area (Å²) in [6, 6.07) is 3.44. The van der Waals surface area contributed by atoms with Gasteiger partial charge in [-0.2, -0.15) is 0 Å². The van der Waals surface area contributed by atoms with Crippen LogP contribution in [0, 0.1) is 0 Å². The number of hydrogen-bond donors (Lipinski definition) is 0. The fourth-order valence-corrected chi connectivity index (χ4v) is 2.86.